The lowest BCUT2D eigenvalue weighted by Gasteiger charge is -2.37. The molecule has 0 spiro atoms. The van der Waals surface area contributed by atoms with Gasteiger partial charge in [0, 0.05) is 16.1 Å². The minimum Gasteiger partial charge on any atom is -0.465 e. The first kappa shape index (κ1) is 15.5. The Hall–Kier alpha value is -2.07. The molecule has 3 unspecified atom stereocenters. The average molecular weight is 384 g/mol. The summed E-state index contributed by atoms with van der Waals surface area (Å²) in [4.78, 5) is 11.6. The number of esters is 1. The molecule has 1 N–H and O–H groups in total. The second-order valence-corrected chi connectivity index (χ2v) is 7.24. The summed E-state index contributed by atoms with van der Waals surface area (Å²) in [6, 6.07) is 14.4. The Kier molecular flexibility index (Phi) is 3.93. The Balaban J connectivity index is 1.69. The molecule has 0 fully saturated rings. The van der Waals surface area contributed by atoms with Crippen molar-refractivity contribution in [2.75, 3.05) is 12.4 Å². The van der Waals surface area contributed by atoms with Gasteiger partial charge in [-0.15, -0.1) is 0 Å². The third-order valence-electron chi connectivity index (χ3n) is 5.02. The van der Waals surface area contributed by atoms with E-state index < -0.39 is 0 Å². The van der Waals surface area contributed by atoms with Gasteiger partial charge in [0.2, 0.25) is 0 Å². The summed E-state index contributed by atoms with van der Waals surface area (Å²) < 4.78 is 5.89. The van der Waals surface area contributed by atoms with Gasteiger partial charge in [-0.25, -0.2) is 4.79 Å². The van der Waals surface area contributed by atoms with Crippen LogP contribution in [0.4, 0.5) is 5.69 Å². The van der Waals surface area contributed by atoms with Crippen LogP contribution < -0.4 is 5.32 Å². The highest BCUT2D eigenvalue weighted by atomic mass is 79.9. The number of anilines is 1. The van der Waals surface area contributed by atoms with Crippen molar-refractivity contribution in [3.05, 3.63) is 75.8 Å². The van der Waals surface area contributed by atoms with E-state index >= 15 is 0 Å². The summed E-state index contributed by atoms with van der Waals surface area (Å²) in [5.41, 5.74) is 4.33. The van der Waals surface area contributed by atoms with E-state index in [1.807, 2.05) is 24.3 Å². The molecule has 1 aliphatic carbocycles. The fourth-order valence-corrected chi connectivity index (χ4v) is 4.22. The Morgan fingerprint density at radius 3 is 2.75 bits per heavy atom. The van der Waals surface area contributed by atoms with Crippen molar-refractivity contribution in [3.63, 3.8) is 0 Å². The van der Waals surface area contributed by atoms with Gasteiger partial charge >= 0.3 is 5.97 Å². The van der Waals surface area contributed by atoms with Gasteiger partial charge in [0.05, 0.1) is 18.7 Å². The number of ether oxygens (including phenoxy) is 1. The van der Waals surface area contributed by atoms with Crippen LogP contribution in [0.5, 0.6) is 0 Å². The first-order valence-electron chi connectivity index (χ1n) is 8.08. The number of allylic oxidation sites excluding steroid dienone is 2. The number of hydrogen-bond donors (Lipinski definition) is 1. The standard InChI is InChI=1S/C20H18BrNO2/c1-24-20(23)13-7-5-12(6-8-13)19-16-4-2-3-15(16)17-11-14(21)9-10-18(17)22-19/h2-3,5-11,15-16,19,22H,4H2,1H3. The first-order valence-corrected chi connectivity index (χ1v) is 8.87. The fourth-order valence-electron chi connectivity index (χ4n) is 3.84. The van der Waals surface area contributed by atoms with E-state index in [4.69, 9.17) is 4.74 Å². The van der Waals surface area contributed by atoms with E-state index in [1.54, 1.807) is 0 Å². The lowest BCUT2D eigenvalue weighted by Crippen LogP contribution is -2.29. The molecule has 4 rings (SSSR count). The summed E-state index contributed by atoms with van der Waals surface area (Å²) in [5.74, 6) is 0.633. The summed E-state index contributed by atoms with van der Waals surface area (Å²) in [6.07, 6.45) is 5.67. The first-order chi connectivity index (χ1) is 11.7. The van der Waals surface area contributed by atoms with Crippen molar-refractivity contribution < 1.29 is 9.53 Å². The number of nitrogens with one attached hydrogen (secondary N) is 1. The van der Waals surface area contributed by atoms with Gasteiger partial charge in [0.1, 0.15) is 0 Å². The van der Waals surface area contributed by atoms with Crippen molar-refractivity contribution >= 4 is 27.6 Å². The maximum atomic E-state index is 11.6. The Bertz CT molecular complexity index is 813. The van der Waals surface area contributed by atoms with Gasteiger partial charge in [0.25, 0.3) is 0 Å². The van der Waals surface area contributed by atoms with Crippen molar-refractivity contribution in [1.82, 2.24) is 0 Å². The van der Waals surface area contributed by atoms with Crippen LogP contribution in [0.1, 0.15) is 39.9 Å². The van der Waals surface area contributed by atoms with Crippen LogP contribution in [-0.2, 0) is 4.74 Å². The molecule has 1 aliphatic heterocycles. The number of halogens is 1. The van der Waals surface area contributed by atoms with Crippen molar-refractivity contribution in [2.24, 2.45) is 5.92 Å². The molecule has 1 heterocycles. The van der Waals surface area contributed by atoms with Crippen LogP contribution in [-0.4, -0.2) is 13.1 Å². The summed E-state index contributed by atoms with van der Waals surface area (Å²) in [7, 11) is 1.41. The number of fused-ring (bicyclic) bond motifs is 3. The third kappa shape index (κ3) is 2.55. The minimum absolute atomic E-state index is 0.241. The van der Waals surface area contributed by atoms with Gasteiger partial charge in [-0.3, -0.25) is 0 Å². The molecule has 2 aromatic rings. The maximum absolute atomic E-state index is 11.6. The zero-order valence-electron chi connectivity index (χ0n) is 13.3. The monoisotopic (exact) mass is 383 g/mol. The quantitative estimate of drug-likeness (QED) is 0.581. The molecule has 3 nitrogen and oxygen atoms in total. The third-order valence-corrected chi connectivity index (χ3v) is 5.51. The summed E-state index contributed by atoms with van der Waals surface area (Å²) in [5, 5.41) is 3.70. The van der Waals surface area contributed by atoms with Crippen LogP contribution in [0, 0.1) is 5.92 Å². The predicted molar refractivity (Wildman–Crippen MR) is 98.3 cm³/mol. The highest BCUT2D eigenvalue weighted by Crippen LogP contribution is 2.50. The molecule has 0 bridgehead atoms. The van der Waals surface area contributed by atoms with Gasteiger partial charge in [0.15, 0.2) is 0 Å². The van der Waals surface area contributed by atoms with E-state index in [-0.39, 0.29) is 12.0 Å². The Morgan fingerprint density at radius 1 is 1.21 bits per heavy atom. The van der Waals surface area contributed by atoms with Crippen LogP contribution in [0.2, 0.25) is 0 Å². The van der Waals surface area contributed by atoms with E-state index in [0.29, 0.717) is 17.4 Å². The smallest absolute Gasteiger partial charge is 0.337 e. The lowest BCUT2D eigenvalue weighted by molar-refractivity contribution is 0.0600. The molecule has 0 amide bonds. The molecule has 4 heteroatoms. The Labute approximate surface area is 149 Å². The average Bonchev–Trinajstić information content (AvgIpc) is 3.11. The second kappa shape index (κ2) is 6.10. The SMILES string of the molecule is COC(=O)c1ccc(C2Nc3ccc(Br)cc3C3C=CCC32)cc1. The molecule has 0 saturated heterocycles. The van der Waals surface area contributed by atoms with Crippen LogP contribution in [0.15, 0.2) is 59.1 Å². The van der Waals surface area contributed by atoms with Crippen molar-refractivity contribution in [2.45, 2.75) is 18.4 Å². The van der Waals surface area contributed by atoms with E-state index in [0.717, 1.165) is 10.9 Å². The molecule has 0 radical (unpaired) electrons. The molecule has 2 aliphatic rings. The Morgan fingerprint density at radius 2 is 2.00 bits per heavy atom. The van der Waals surface area contributed by atoms with E-state index in [1.165, 1.54) is 23.9 Å². The number of carbonyl (C=O) groups is 1. The highest BCUT2D eigenvalue weighted by Gasteiger charge is 2.37. The van der Waals surface area contributed by atoms with Crippen molar-refractivity contribution in [1.29, 1.82) is 0 Å². The molecule has 24 heavy (non-hydrogen) atoms. The zero-order chi connectivity index (χ0) is 16.7. The van der Waals surface area contributed by atoms with Crippen LogP contribution >= 0.6 is 15.9 Å². The molecule has 0 aromatic heterocycles. The summed E-state index contributed by atoms with van der Waals surface area (Å²) in [6.45, 7) is 0. The lowest BCUT2D eigenvalue weighted by atomic mass is 9.77. The van der Waals surface area contributed by atoms with Crippen molar-refractivity contribution in [3.8, 4) is 0 Å². The normalized spacial score (nSPS) is 24.0. The molecular formula is C20H18BrNO2. The van der Waals surface area contributed by atoms with Crippen LogP contribution in [0.3, 0.4) is 0 Å². The number of benzene rings is 2. The van der Waals surface area contributed by atoms with Gasteiger partial charge in [-0.2, -0.15) is 0 Å². The summed E-state index contributed by atoms with van der Waals surface area (Å²) >= 11 is 3.58. The minimum atomic E-state index is -0.297. The molecule has 2 aromatic carbocycles. The number of hydrogen-bond acceptors (Lipinski definition) is 3. The largest absolute Gasteiger partial charge is 0.465 e. The number of rotatable bonds is 2. The zero-order valence-corrected chi connectivity index (χ0v) is 14.9. The topological polar surface area (TPSA) is 38.3 Å². The van der Waals surface area contributed by atoms with Gasteiger partial charge in [-0.05, 0) is 53.8 Å². The molecule has 3 atom stereocenters. The highest BCUT2D eigenvalue weighted by molar-refractivity contribution is 9.10. The number of carbonyl (C=O) groups excluding carboxylic acids is 1. The molecule has 0 saturated carbocycles. The predicted octanol–water partition coefficient (Wildman–Crippen LogP) is 5.06. The van der Waals surface area contributed by atoms with Gasteiger partial charge in [-0.1, -0.05) is 40.2 Å². The number of methoxy groups -OCH3 is 1. The van der Waals surface area contributed by atoms with Crippen LogP contribution in [0.25, 0.3) is 0 Å². The van der Waals surface area contributed by atoms with Gasteiger partial charge < -0.3 is 10.1 Å². The fraction of sp³-hybridized carbons (Fsp3) is 0.250. The molecular weight excluding hydrogens is 366 g/mol. The van der Waals surface area contributed by atoms with E-state index in [2.05, 4.69) is 51.6 Å². The molecule has 122 valence electrons. The maximum Gasteiger partial charge on any atom is 0.337 e. The second-order valence-electron chi connectivity index (χ2n) is 6.32. The van der Waals surface area contributed by atoms with E-state index in [9.17, 15) is 4.79 Å².